The Bertz CT molecular complexity index is 211. The lowest BCUT2D eigenvalue weighted by Crippen LogP contribution is -2.48. The van der Waals surface area contributed by atoms with Gasteiger partial charge in [0.2, 0.25) is 0 Å². The third-order valence-electron chi connectivity index (χ3n) is 2.84. The van der Waals surface area contributed by atoms with Gasteiger partial charge in [0.25, 0.3) is 0 Å². The molecule has 2 N–H and O–H groups in total. The number of halogens is 3. The Balaban J connectivity index is 2.16. The molecule has 96 valence electrons. The van der Waals surface area contributed by atoms with Crippen LogP contribution in [0.25, 0.3) is 0 Å². The first-order valence-electron chi connectivity index (χ1n) is 5.52. The van der Waals surface area contributed by atoms with Crippen LogP contribution in [-0.4, -0.2) is 49.5 Å². The Hall–Kier alpha value is -0.330. The molecule has 16 heavy (non-hydrogen) atoms. The van der Waals surface area contributed by atoms with Crippen LogP contribution >= 0.6 is 0 Å². The zero-order valence-corrected chi connectivity index (χ0v) is 9.46. The molecular formula is C10H19F3N2O. The number of likely N-dealkylation sites (tertiary alicyclic amines) is 1. The maximum Gasteiger partial charge on any atom is 0.411 e. The van der Waals surface area contributed by atoms with Crippen LogP contribution in [0.3, 0.4) is 0 Å². The molecule has 0 saturated carbocycles. The van der Waals surface area contributed by atoms with Gasteiger partial charge in [0, 0.05) is 25.2 Å². The molecule has 0 aromatic rings. The van der Waals surface area contributed by atoms with Crippen molar-refractivity contribution in [2.45, 2.75) is 38.0 Å². The SMILES string of the molecule is CC1CCC(N)CN1CCOCC(F)(F)F. The van der Waals surface area contributed by atoms with Crippen LogP contribution in [0.5, 0.6) is 0 Å². The van der Waals surface area contributed by atoms with Crippen LogP contribution in [0.1, 0.15) is 19.8 Å². The van der Waals surface area contributed by atoms with Crippen LogP contribution in [-0.2, 0) is 4.74 Å². The smallest absolute Gasteiger partial charge is 0.371 e. The van der Waals surface area contributed by atoms with E-state index in [-0.39, 0.29) is 12.6 Å². The van der Waals surface area contributed by atoms with E-state index in [1.807, 2.05) is 0 Å². The van der Waals surface area contributed by atoms with E-state index >= 15 is 0 Å². The van der Waals surface area contributed by atoms with E-state index in [0.717, 1.165) is 19.4 Å². The predicted molar refractivity (Wildman–Crippen MR) is 55.1 cm³/mol. The van der Waals surface area contributed by atoms with Gasteiger partial charge in [-0.1, -0.05) is 0 Å². The summed E-state index contributed by atoms with van der Waals surface area (Å²) in [5.41, 5.74) is 5.80. The average molecular weight is 240 g/mol. The minimum atomic E-state index is -4.23. The zero-order valence-electron chi connectivity index (χ0n) is 9.46. The Morgan fingerprint density at radius 1 is 1.38 bits per heavy atom. The van der Waals surface area contributed by atoms with Crippen molar-refractivity contribution in [2.24, 2.45) is 5.73 Å². The van der Waals surface area contributed by atoms with Gasteiger partial charge in [0.05, 0.1) is 6.61 Å². The third kappa shape index (κ3) is 5.14. The van der Waals surface area contributed by atoms with Crippen LogP contribution < -0.4 is 5.73 Å². The molecule has 2 atom stereocenters. The number of nitrogens with zero attached hydrogens (tertiary/aromatic N) is 1. The van der Waals surface area contributed by atoms with Gasteiger partial charge in [-0.25, -0.2) is 0 Å². The van der Waals surface area contributed by atoms with Crippen LogP contribution in [0, 0.1) is 0 Å². The summed E-state index contributed by atoms with van der Waals surface area (Å²) in [5, 5.41) is 0. The molecule has 0 aromatic heterocycles. The summed E-state index contributed by atoms with van der Waals surface area (Å²) in [5.74, 6) is 0. The van der Waals surface area contributed by atoms with Crippen molar-refractivity contribution in [3.05, 3.63) is 0 Å². The summed E-state index contributed by atoms with van der Waals surface area (Å²) in [4.78, 5) is 2.09. The summed E-state index contributed by atoms with van der Waals surface area (Å²) in [6, 6.07) is 0.521. The predicted octanol–water partition coefficient (Wildman–Crippen LogP) is 1.38. The molecule has 1 aliphatic heterocycles. The molecule has 0 amide bonds. The molecule has 0 spiro atoms. The van der Waals surface area contributed by atoms with Gasteiger partial charge >= 0.3 is 6.18 Å². The fraction of sp³-hybridized carbons (Fsp3) is 1.00. The molecule has 0 radical (unpaired) electrons. The number of alkyl halides is 3. The molecule has 1 saturated heterocycles. The number of hydrogen-bond acceptors (Lipinski definition) is 3. The highest BCUT2D eigenvalue weighted by Crippen LogP contribution is 2.16. The van der Waals surface area contributed by atoms with E-state index in [1.165, 1.54) is 0 Å². The van der Waals surface area contributed by atoms with Crippen LogP contribution in [0.4, 0.5) is 13.2 Å². The van der Waals surface area contributed by atoms with E-state index in [2.05, 4.69) is 16.6 Å². The van der Waals surface area contributed by atoms with Gasteiger partial charge in [-0.05, 0) is 19.8 Å². The first-order valence-corrected chi connectivity index (χ1v) is 5.52. The van der Waals surface area contributed by atoms with Gasteiger partial charge in [-0.3, -0.25) is 4.90 Å². The largest absolute Gasteiger partial charge is 0.411 e. The molecule has 0 aromatic carbocycles. The first-order chi connectivity index (χ1) is 7.38. The third-order valence-corrected chi connectivity index (χ3v) is 2.84. The second-order valence-electron chi connectivity index (χ2n) is 4.35. The van der Waals surface area contributed by atoms with Crippen molar-refractivity contribution >= 4 is 0 Å². The summed E-state index contributed by atoms with van der Waals surface area (Å²) in [7, 11) is 0. The van der Waals surface area contributed by atoms with E-state index in [1.54, 1.807) is 0 Å². The quantitative estimate of drug-likeness (QED) is 0.754. The highest BCUT2D eigenvalue weighted by molar-refractivity contribution is 4.80. The molecule has 1 fully saturated rings. The van der Waals surface area contributed by atoms with Gasteiger partial charge in [-0.15, -0.1) is 0 Å². The average Bonchev–Trinajstić information content (AvgIpc) is 2.16. The van der Waals surface area contributed by atoms with Crippen molar-refractivity contribution < 1.29 is 17.9 Å². The fourth-order valence-electron chi connectivity index (χ4n) is 1.89. The molecule has 0 aliphatic carbocycles. The van der Waals surface area contributed by atoms with E-state index in [0.29, 0.717) is 12.6 Å². The van der Waals surface area contributed by atoms with E-state index in [9.17, 15) is 13.2 Å². The molecule has 0 bridgehead atoms. The number of ether oxygens (including phenoxy) is 1. The summed E-state index contributed by atoms with van der Waals surface area (Å²) in [6.07, 6.45) is -2.24. The molecule has 2 unspecified atom stereocenters. The summed E-state index contributed by atoms with van der Waals surface area (Å²) < 4.78 is 40.0. The molecule has 1 aliphatic rings. The Morgan fingerprint density at radius 3 is 2.69 bits per heavy atom. The van der Waals surface area contributed by atoms with Crippen LogP contribution in [0.2, 0.25) is 0 Å². The topological polar surface area (TPSA) is 38.5 Å². The maximum atomic E-state index is 11.8. The zero-order chi connectivity index (χ0) is 12.2. The van der Waals surface area contributed by atoms with Gasteiger partial charge in [0.1, 0.15) is 6.61 Å². The van der Waals surface area contributed by atoms with Crippen molar-refractivity contribution in [3.63, 3.8) is 0 Å². The summed E-state index contributed by atoms with van der Waals surface area (Å²) in [6.45, 7) is 2.27. The number of hydrogen-bond donors (Lipinski definition) is 1. The normalized spacial score (nSPS) is 28.3. The first kappa shape index (κ1) is 13.7. The van der Waals surface area contributed by atoms with E-state index in [4.69, 9.17) is 5.73 Å². The Morgan fingerprint density at radius 2 is 2.06 bits per heavy atom. The molecule has 1 heterocycles. The highest BCUT2D eigenvalue weighted by atomic mass is 19.4. The second-order valence-corrected chi connectivity index (χ2v) is 4.35. The highest BCUT2D eigenvalue weighted by Gasteiger charge is 2.28. The minimum Gasteiger partial charge on any atom is -0.371 e. The molecule has 3 nitrogen and oxygen atoms in total. The van der Waals surface area contributed by atoms with Crippen molar-refractivity contribution in [1.29, 1.82) is 0 Å². The molecular weight excluding hydrogens is 221 g/mol. The van der Waals surface area contributed by atoms with Crippen molar-refractivity contribution in [3.8, 4) is 0 Å². The lowest BCUT2D eigenvalue weighted by Gasteiger charge is -2.36. The lowest BCUT2D eigenvalue weighted by molar-refractivity contribution is -0.175. The summed E-state index contributed by atoms with van der Waals surface area (Å²) >= 11 is 0. The standard InChI is InChI=1S/C10H19F3N2O/c1-8-2-3-9(14)6-15(8)4-5-16-7-10(11,12)13/h8-9H,2-7,14H2,1H3. The molecule has 6 heteroatoms. The lowest BCUT2D eigenvalue weighted by atomic mass is 10.0. The van der Waals surface area contributed by atoms with Crippen molar-refractivity contribution in [2.75, 3.05) is 26.3 Å². The van der Waals surface area contributed by atoms with Gasteiger partial charge < -0.3 is 10.5 Å². The van der Waals surface area contributed by atoms with E-state index < -0.39 is 12.8 Å². The Labute approximate surface area is 93.7 Å². The second kappa shape index (κ2) is 5.84. The Kier molecular flexibility index (Phi) is 5.01. The van der Waals surface area contributed by atoms with Gasteiger partial charge in [0.15, 0.2) is 0 Å². The van der Waals surface area contributed by atoms with Crippen molar-refractivity contribution in [1.82, 2.24) is 4.90 Å². The maximum absolute atomic E-state index is 11.8. The number of piperidine rings is 1. The van der Waals surface area contributed by atoms with Crippen LogP contribution in [0.15, 0.2) is 0 Å². The molecule has 1 rings (SSSR count). The monoisotopic (exact) mass is 240 g/mol. The fourth-order valence-corrected chi connectivity index (χ4v) is 1.89. The number of nitrogens with two attached hydrogens (primary N) is 1. The van der Waals surface area contributed by atoms with Gasteiger partial charge in [-0.2, -0.15) is 13.2 Å². The number of rotatable bonds is 4. The minimum absolute atomic E-state index is 0.108.